The molecule has 0 saturated heterocycles. The highest BCUT2D eigenvalue weighted by Crippen LogP contribution is 2.21. The van der Waals surface area contributed by atoms with Crippen LogP contribution in [0.25, 0.3) is 0 Å². The number of hydrogen-bond acceptors (Lipinski definition) is 4. The van der Waals surface area contributed by atoms with Gasteiger partial charge in [0.1, 0.15) is 12.4 Å². The Morgan fingerprint density at radius 2 is 1.79 bits per heavy atom. The fourth-order valence-electron chi connectivity index (χ4n) is 2.53. The van der Waals surface area contributed by atoms with Crippen LogP contribution in [0.2, 0.25) is 0 Å². The van der Waals surface area contributed by atoms with Crippen molar-refractivity contribution in [3.05, 3.63) is 82.7 Å². The summed E-state index contributed by atoms with van der Waals surface area (Å²) in [5, 5.41) is 2.77. The molecule has 0 aliphatic rings. The summed E-state index contributed by atoms with van der Waals surface area (Å²) in [6, 6.07) is 18.3. The van der Waals surface area contributed by atoms with Gasteiger partial charge in [-0.1, -0.05) is 30.3 Å². The van der Waals surface area contributed by atoms with Crippen LogP contribution < -0.4 is 10.1 Å². The van der Waals surface area contributed by atoms with Gasteiger partial charge < -0.3 is 19.4 Å². The molecule has 0 radical (unpaired) electrons. The number of anilines is 1. The first-order chi connectivity index (χ1) is 13.5. The first kappa shape index (κ1) is 19.7. The van der Waals surface area contributed by atoms with Gasteiger partial charge in [-0.2, -0.15) is 0 Å². The summed E-state index contributed by atoms with van der Waals surface area (Å²) in [7, 11) is 1.55. The Labute approximate surface area is 171 Å². The minimum absolute atomic E-state index is 0.111. The van der Waals surface area contributed by atoms with E-state index < -0.39 is 0 Å². The second-order valence-electron chi connectivity index (χ2n) is 6.07. The number of rotatable bonds is 7. The Morgan fingerprint density at radius 3 is 2.54 bits per heavy atom. The number of nitrogens with zero attached hydrogens (tertiary/aromatic N) is 1. The van der Waals surface area contributed by atoms with Gasteiger partial charge in [0, 0.05) is 17.1 Å². The highest BCUT2D eigenvalue weighted by atomic mass is 79.9. The van der Waals surface area contributed by atoms with Gasteiger partial charge in [0.05, 0.1) is 18.5 Å². The van der Waals surface area contributed by atoms with Crippen LogP contribution >= 0.6 is 15.9 Å². The predicted octanol–water partition coefficient (Wildman–Crippen LogP) is 4.33. The normalized spacial score (nSPS) is 10.4. The molecule has 3 rings (SSSR count). The zero-order valence-corrected chi connectivity index (χ0v) is 16.8. The first-order valence-electron chi connectivity index (χ1n) is 8.58. The van der Waals surface area contributed by atoms with Crippen molar-refractivity contribution in [2.24, 2.45) is 0 Å². The van der Waals surface area contributed by atoms with Crippen LogP contribution in [0, 0.1) is 0 Å². The van der Waals surface area contributed by atoms with Crippen molar-refractivity contribution in [3.63, 3.8) is 0 Å². The SMILES string of the molecule is CN(CC(=O)Nc1ccccc1Br)C(=O)c1occc1COc1ccccc1. The third-order valence-corrected chi connectivity index (χ3v) is 4.65. The third kappa shape index (κ3) is 5.01. The number of carbonyl (C=O) groups excluding carboxylic acids is 2. The van der Waals surface area contributed by atoms with Crippen LogP contribution in [0.5, 0.6) is 5.75 Å². The van der Waals surface area contributed by atoms with Crippen LogP contribution in [-0.2, 0) is 11.4 Å². The van der Waals surface area contributed by atoms with Gasteiger partial charge in [-0.15, -0.1) is 0 Å². The van der Waals surface area contributed by atoms with Crippen molar-refractivity contribution in [3.8, 4) is 5.75 Å². The molecule has 0 spiro atoms. The van der Waals surface area contributed by atoms with E-state index in [0.717, 1.165) is 4.47 Å². The maximum atomic E-state index is 12.7. The molecule has 6 nitrogen and oxygen atoms in total. The molecule has 0 unspecified atom stereocenters. The quantitative estimate of drug-likeness (QED) is 0.590. The number of amides is 2. The largest absolute Gasteiger partial charge is 0.489 e. The third-order valence-electron chi connectivity index (χ3n) is 3.95. The summed E-state index contributed by atoms with van der Waals surface area (Å²) in [5.74, 6) is 0.158. The van der Waals surface area contributed by atoms with E-state index in [2.05, 4.69) is 21.2 Å². The number of ether oxygens (including phenoxy) is 1. The summed E-state index contributed by atoms with van der Waals surface area (Å²) in [6.45, 7) is 0.0818. The highest BCUT2D eigenvalue weighted by molar-refractivity contribution is 9.10. The van der Waals surface area contributed by atoms with Crippen LogP contribution in [0.1, 0.15) is 16.1 Å². The van der Waals surface area contributed by atoms with E-state index in [1.165, 1.54) is 11.2 Å². The average Bonchev–Trinajstić information content (AvgIpc) is 3.17. The monoisotopic (exact) mass is 442 g/mol. The Kier molecular flexibility index (Phi) is 6.49. The van der Waals surface area contributed by atoms with Gasteiger partial charge in [-0.25, -0.2) is 0 Å². The molecule has 0 aliphatic carbocycles. The Morgan fingerprint density at radius 1 is 1.07 bits per heavy atom. The lowest BCUT2D eigenvalue weighted by atomic mass is 10.2. The first-order valence-corrected chi connectivity index (χ1v) is 9.38. The molecule has 0 atom stereocenters. The number of halogens is 1. The lowest BCUT2D eigenvalue weighted by Gasteiger charge is -2.17. The molecule has 1 N–H and O–H groups in total. The average molecular weight is 443 g/mol. The van der Waals surface area contributed by atoms with Crippen molar-refractivity contribution >= 4 is 33.4 Å². The van der Waals surface area contributed by atoms with Crippen LogP contribution in [-0.4, -0.2) is 30.3 Å². The van der Waals surface area contributed by atoms with Crippen molar-refractivity contribution in [2.45, 2.75) is 6.61 Å². The molecule has 2 amide bonds. The minimum atomic E-state index is -0.390. The zero-order chi connectivity index (χ0) is 19.9. The molecule has 144 valence electrons. The van der Waals surface area contributed by atoms with Crippen LogP contribution in [0.3, 0.4) is 0 Å². The molecule has 28 heavy (non-hydrogen) atoms. The zero-order valence-electron chi connectivity index (χ0n) is 15.2. The summed E-state index contributed by atoms with van der Waals surface area (Å²) >= 11 is 3.37. The van der Waals surface area contributed by atoms with Crippen LogP contribution in [0.4, 0.5) is 5.69 Å². The smallest absolute Gasteiger partial charge is 0.290 e. The number of benzene rings is 2. The fraction of sp³-hybridized carbons (Fsp3) is 0.143. The molecule has 1 heterocycles. The standard InChI is InChI=1S/C21H19BrN2O4/c1-24(13-19(25)23-18-10-6-5-9-17(18)22)21(26)20-15(11-12-27-20)14-28-16-7-3-2-4-8-16/h2-12H,13-14H2,1H3,(H,23,25). The maximum absolute atomic E-state index is 12.7. The van der Waals surface area contributed by atoms with E-state index in [-0.39, 0.29) is 30.7 Å². The number of likely N-dealkylation sites (N-methyl/N-ethyl adjacent to an activating group) is 1. The molecule has 2 aromatic carbocycles. The van der Waals surface area contributed by atoms with E-state index in [4.69, 9.17) is 9.15 Å². The lowest BCUT2D eigenvalue weighted by Crippen LogP contribution is -2.35. The number of furan rings is 1. The molecular weight excluding hydrogens is 424 g/mol. The Hall–Kier alpha value is -3.06. The molecule has 0 fully saturated rings. The predicted molar refractivity (Wildman–Crippen MR) is 109 cm³/mol. The molecule has 1 aromatic heterocycles. The summed E-state index contributed by atoms with van der Waals surface area (Å²) in [4.78, 5) is 26.2. The summed E-state index contributed by atoms with van der Waals surface area (Å²) in [6.07, 6.45) is 1.44. The van der Waals surface area contributed by atoms with Gasteiger partial charge in [0.15, 0.2) is 5.76 Å². The number of para-hydroxylation sites is 2. The van der Waals surface area contributed by atoms with Crippen molar-refractivity contribution in [1.82, 2.24) is 4.90 Å². The van der Waals surface area contributed by atoms with Crippen LogP contribution in [0.15, 0.2) is 75.8 Å². The number of carbonyl (C=O) groups is 2. The number of hydrogen-bond donors (Lipinski definition) is 1. The lowest BCUT2D eigenvalue weighted by molar-refractivity contribution is -0.116. The minimum Gasteiger partial charge on any atom is -0.489 e. The van der Waals surface area contributed by atoms with Crippen molar-refractivity contribution in [1.29, 1.82) is 0 Å². The topological polar surface area (TPSA) is 71.8 Å². The van der Waals surface area contributed by atoms with Crippen molar-refractivity contribution in [2.75, 3.05) is 18.9 Å². The second-order valence-corrected chi connectivity index (χ2v) is 6.92. The summed E-state index contributed by atoms with van der Waals surface area (Å²) < 4.78 is 11.8. The fourth-order valence-corrected chi connectivity index (χ4v) is 2.91. The highest BCUT2D eigenvalue weighted by Gasteiger charge is 2.22. The van der Waals surface area contributed by atoms with Gasteiger partial charge in [-0.05, 0) is 46.3 Å². The summed E-state index contributed by atoms with van der Waals surface area (Å²) in [5.41, 5.74) is 1.26. The van der Waals surface area contributed by atoms with Crippen molar-refractivity contribution < 1.29 is 18.7 Å². The number of nitrogens with one attached hydrogen (secondary N) is 1. The Balaban J connectivity index is 1.60. The molecular formula is C21H19BrN2O4. The van der Waals surface area contributed by atoms with Gasteiger partial charge in [0.2, 0.25) is 5.91 Å². The Bertz CT molecular complexity index is 956. The molecule has 0 aliphatic heterocycles. The van der Waals surface area contributed by atoms with E-state index in [1.54, 1.807) is 19.2 Å². The van der Waals surface area contributed by atoms with E-state index in [9.17, 15) is 9.59 Å². The van der Waals surface area contributed by atoms with Gasteiger partial charge in [0.25, 0.3) is 5.91 Å². The van der Waals surface area contributed by atoms with E-state index >= 15 is 0 Å². The van der Waals surface area contributed by atoms with Gasteiger partial charge >= 0.3 is 0 Å². The molecule has 0 bridgehead atoms. The maximum Gasteiger partial charge on any atom is 0.290 e. The second kappa shape index (κ2) is 9.23. The molecule has 7 heteroatoms. The molecule has 0 saturated carbocycles. The molecule has 3 aromatic rings. The van der Waals surface area contributed by atoms with E-state index in [1.807, 2.05) is 48.5 Å². The van der Waals surface area contributed by atoms with E-state index in [0.29, 0.717) is 17.0 Å². The van der Waals surface area contributed by atoms with Gasteiger partial charge in [-0.3, -0.25) is 9.59 Å².